The average Bonchev–Trinajstić information content (AvgIpc) is 2.45. The van der Waals surface area contributed by atoms with Gasteiger partial charge < -0.3 is 10.1 Å². The maximum absolute atomic E-state index is 11.8. The number of carbonyl (C=O) groups excluding carboxylic acids is 1. The Hall–Kier alpha value is -1.15. The van der Waals surface area contributed by atoms with E-state index in [4.69, 9.17) is 16.3 Å². The molecule has 0 aliphatic rings. The largest absolute Gasteiger partial charge is 0.383 e. The quantitative estimate of drug-likeness (QED) is 0.728. The van der Waals surface area contributed by atoms with Gasteiger partial charge in [0.05, 0.1) is 12.9 Å². The number of halogens is 1. The number of hydrogen-bond donors (Lipinski definition) is 1. The molecule has 0 heterocycles. The fourth-order valence-electron chi connectivity index (χ4n) is 1.75. The molecular weight excluding hydrogens is 328 g/mol. The van der Waals surface area contributed by atoms with Crippen molar-refractivity contribution in [1.29, 1.82) is 0 Å². The van der Waals surface area contributed by atoms with Crippen molar-refractivity contribution in [3.8, 4) is 0 Å². The molecule has 22 heavy (non-hydrogen) atoms. The summed E-state index contributed by atoms with van der Waals surface area (Å²) in [6.45, 7) is 1.04. The van der Waals surface area contributed by atoms with Crippen molar-refractivity contribution in [3.05, 3.63) is 34.9 Å². The van der Waals surface area contributed by atoms with Gasteiger partial charge in [-0.1, -0.05) is 23.7 Å². The van der Waals surface area contributed by atoms with Crippen LogP contribution in [0.25, 0.3) is 0 Å². The lowest BCUT2D eigenvalue weighted by molar-refractivity contribution is -0.121. The molecule has 0 aliphatic heterocycles. The van der Waals surface area contributed by atoms with E-state index in [2.05, 4.69) is 5.32 Å². The van der Waals surface area contributed by atoms with Gasteiger partial charge in [0.25, 0.3) is 0 Å². The summed E-state index contributed by atoms with van der Waals surface area (Å²) in [4.78, 5) is 11.8. The first-order valence-corrected chi connectivity index (χ1v) is 9.00. The van der Waals surface area contributed by atoms with E-state index in [1.54, 1.807) is 12.1 Å². The first-order valence-electron chi connectivity index (χ1n) is 6.78. The third-order valence-electron chi connectivity index (χ3n) is 3.01. The number of rotatable bonds is 9. The Kier molecular flexibility index (Phi) is 7.81. The highest BCUT2D eigenvalue weighted by molar-refractivity contribution is 7.88. The number of benzene rings is 1. The standard InChI is InChI=1S/C14H21ClN2O4S/c1-21-10-9-17(22(2,19)20)8-7-14(18)16-11-12-3-5-13(15)6-4-12/h3-6H,7-11H2,1-2H3,(H,16,18). The van der Waals surface area contributed by atoms with E-state index in [1.165, 1.54) is 11.4 Å². The average molecular weight is 349 g/mol. The molecule has 0 fully saturated rings. The van der Waals surface area contributed by atoms with E-state index in [-0.39, 0.29) is 25.4 Å². The van der Waals surface area contributed by atoms with Crippen LogP contribution in [0, 0.1) is 0 Å². The minimum absolute atomic E-state index is 0.102. The van der Waals surface area contributed by atoms with Crippen molar-refractivity contribution in [2.75, 3.05) is 33.1 Å². The summed E-state index contributed by atoms with van der Waals surface area (Å²) in [6.07, 6.45) is 1.22. The summed E-state index contributed by atoms with van der Waals surface area (Å²) >= 11 is 5.78. The Balaban J connectivity index is 2.41. The van der Waals surface area contributed by atoms with Crippen LogP contribution in [0.4, 0.5) is 0 Å². The van der Waals surface area contributed by atoms with Crippen LogP contribution in [-0.2, 0) is 26.1 Å². The van der Waals surface area contributed by atoms with E-state index in [9.17, 15) is 13.2 Å². The fraction of sp³-hybridized carbons (Fsp3) is 0.500. The van der Waals surface area contributed by atoms with Crippen LogP contribution in [0.3, 0.4) is 0 Å². The Bertz CT molecular complexity index is 575. The topological polar surface area (TPSA) is 75.7 Å². The number of nitrogens with zero attached hydrogens (tertiary/aromatic N) is 1. The van der Waals surface area contributed by atoms with Crippen LogP contribution in [0.1, 0.15) is 12.0 Å². The SMILES string of the molecule is COCCN(CCC(=O)NCc1ccc(Cl)cc1)S(C)(=O)=O. The van der Waals surface area contributed by atoms with Crippen molar-refractivity contribution >= 4 is 27.5 Å². The van der Waals surface area contributed by atoms with Gasteiger partial charge in [-0.25, -0.2) is 8.42 Å². The van der Waals surface area contributed by atoms with Gasteiger partial charge in [-0.3, -0.25) is 4.79 Å². The molecular formula is C14H21ClN2O4S. The second-order valence-corrected chi connectivity index (χ2v) is 7.23. The van der Waals surface area contributed by atoms with Crippen molar-refractivity contribution < 1.29 is 17.9 Å². The number of nitrogens with one attached hydrogen (secondary N) is 1. The molecule has 124 valence electrons. The van der Waals surface area contributed by atoms with Gasteiger partial charge >= 0.3 is 0 Å². The van der Waals surface area contributed by atoms with Gasteiger partial charge in [-0.15, -0.1) is 0 Å². The molecule has 1 N–H and O–H groups in total. The number of hydrogen-bond acceptors (Lipinski definition) is 4. The Labute approximate surface area is 136 Å². The van der Waals surface area contributed by atoms with Crippen molar-refractivity contribution in [2.45, 2.75) is 13.0 Å². The Morgan fingerprint density at radius 3 is 2.45 bits per heavy atom. The molecule has 1 aromatic carbocycles. The van der Waals surface area contributed by atoms with Crippen molar-refractivity contribution in [3.63, 3.8) is 0 Å². The molecule has 0 radical (unpaired) electrons. The van der Waals surface area contributed by atoms with Gasteiger partial charge in [0.1, 0.15) is 0 Å². The van der Waals surface area contributed by atoms with Crippen LogP contribution in [-0.4, -0.2) is 51.7 Å². The molecule has 1 rings (SSSR count). The van der Waals surface area contributed by atoms with Gasteiger partial charge in [0, 0.05) is 38.2 Å². The molecule has 0 spiro atoms. The summed E-state index contributed by atoms with van der Waals surface area (Å²) < 4.78 is 29.3. The van der Waals surface area contributed by atoms with Crippen LogP contribution < -0.4 is 5.32 Å². The minimum atomic E-state index is -3.35. The van der Waals surface area contributed by atoms with E-state index in [0.29, 0.717) is 18.2 Å². The van der Waals surface area contributed by atoms with E-state index in [0.717, 1.165) is 11.8 Å². The molecule has 0 atom stereocenters. The van der Waals surface area contributed by atoms with Crippen LogP contribution in [0.15, 0.2) is 24.3 Å². The third kappa shape index (κ3) is 7.22. The molecule has 0 aliphatic carbocycles. The summed E-state index contributed by atoms with van der Waals surface area (Å²) in [6, 6.07) is 7.15. The van der Waals surface area contributed by atoms with Gasteiger partial charge in [-0.2, -0.15) is 4.31 Å². The first kappa shape index (κ1) is 18.9. The van der Waals surface area contributed by atoms with Gasteiger partial charge in [0.2, 0.25) is 15.9 Å². The number of sulfonamides is 1. The fourth-order valence-corrected chi connectivity index (χ4v) is 2.71. The number of ether oxygens (including phenoxy) is 1. The Morgan fingerprint density at radius 2 is 1.91 bits per heavy atom. The lowest BCUT2D eigenvalue weighted by atomic mass is 10.2. The molecule has 8 heteroatoms. The predicted octanol–water partition coefficient (Wildman–Crippen LogP) is 1.25. The molecule has 6 nitrogen and oxygen atoms in total. The zero-order chi connectivity index (χ0) is 16.6. The summed E-state index contributed by atoms with van der Waals surface area (Å²) in [7, 11) is -1.85. The number of methoxy groups -OCH3 is 1. The predicted molar refractivity (Wildman–Crippen MR) is 86.2 cm³/mol. The van der Waals surface area contributed by atoms with Crippen molar-refractivity contribution in [1.82, 2.24) is 9.62 Å². The van der Waals surface area contributed by atoms with Crippen molar-refractivity contribution in [2.24, 2.45) is 0 Å². The zero-order valence-corrected chi connectivity index (χ0v) is 14.3. The molecule has 0 unspecified atom stereocenters. The molecule has 0 aromatic heterocycles. The first-order chi connectivity index (χ1) is 10.3. The maximum atomic E-state index is 11.8. The highest BCUT2D eigenvalue weighted by atomic mass is 35.5. The third-order valence-corrected chi connectivity index (χ3v) is 4.56. The molecule has 1 amide bonds. The molecule has 0 saturated heterocycles. The van der Waals surface area contributed by atoms with E-state index >= 15 is 0 Å². The highest BCUT2D eigenvalue weighted by Crippen LogP contribution is 2.09. The summed E-state index contributed by atoms with van der Waals surface area (Å²) in [5, 5.41) is 3.38. The normalized spacial score (nSPS) is 11.6. The van der Waals surface area contributed by atoms with E-state index < -0.39 is 10.0 Å². The Morgan fingerprint density at radius 1 is 1.27 bits per heavy atom. The molecule has 1 aromatic rings. The minimum Gasteiger partial charge on any atom is -0.383 e. The lowest BCUT2D eigenvalue weighted by Crippen LogP contribution is -2.36. The van der Waals surface area contributed by atoms with Crippen LogP contribution in [0.5, 0.6) is 0 Å². The number of carbonyl (C=O) groups is 1. The number of amides is 1. The van der Waals surface area contributed by atoms with Crippen LogP contribution in [0.2, 0.25) is 5.02 Å². The maximum Gasteiger partial charge on any atom is 0.221 e. The van der Waals surface area contributed by atoms with E-state index in [1.807, 2.05) is 12.1 Å². The van der Waals surface area contributed by atoms with Gasteiger partial charge in [-0.05, 0) is 17.7 Å². The summed E-state index contributed by atoms with van der Waals surface area (Å²) in [5.74, 6) is -0.207. The molecule has 0 saturated carbocycles. The second-order valence-electron chi connectivity index (χ2n) is 4.81. The van der Waals surface area contributed by atoms with Crippen LogP contribution >= 0.6 is 11.6 Å². The smallest absolute Gasteiger partial charge is 0.221 e. The van der Waals surface area contributed by atoms with Gasteiger partial charge in [0.15, 0.2) is 0 Å². The monoisotopic (exact) mass is 348 g/mol. The lowest BCUT2D eigenvalue weighted by Gasteiger charge is -2.19. The highest BCUT2D eigenvalue weighted by Gasteiger charge is 2.17. The molecule has 0 bridgehead atoms. The summed E-state index contributed by atoms with van der Waals surface area (Å²) in [5.41, 5.74) is 0.928. The zero-order valence-electron chi connectivity index (χ0n) is 12.7. The second kappa shape index (κ2) is 9.09.